The van der Waals surface area contributed by atoms with Gasteiger partial charge >= 0.3 is 0 Å². The summed E-state index contributed by atoms with van der Waals surface area (Å²) in [5.74, 6) is 0.458. The van der Waals surface area contributed by atoms with Crippen molar-refractivity contribution < 1.29 is 9.53 Å². The maximum atomic E-state index is 12.2. The number of ether oxygens (including phenoxy) is 1. The molecule has 1 amide bonds. The molecule has 5 nitrogen and oxygen atoms in total. The summed E-state index contributed by atoms with van der Waals surface area (Å²) in [5, 5.41) is 5.33. The first-order valence-electron chi connectivity index (χ1n) is 7.45. The van der Waals surface area contributed by atoms with Crippen LogP contribution in [0.4, 0.5) is 5.13 Å². The van der Waals surface area contributed by atoms with E-state index in [0.29, 0.717) is 17.4 Å². The number of methoxy groups -OCH3 is 1. The lowest BCUT2D eigenvalue weighted by Crippen LogP contribution is -2.14. The van der Waals surface area contributed by atoms with Crippen LogP contribution in [-0.4, -0.2) is 23.0 Å². The van der Waals surface area contributed by atoms with Gasteiger partial charge in [0.15, 0.2) is 5.13 Å². The van der Waals surface area contributed by atoms with Gasteiger partial charge in [0.2, 0.25) is 11.8 Å². The topological polar surface area (TPSA) is 64.1 Å². The zero-order valence-electron chi connectivity index (χ0n) is 13.4. The SMILES string of the molecule is COc1cc(-c2csc(NC(=O)Cc3cccc(C)c3)n2)ccn1. The largest absolute Gasteiger partial charge is 0.481 e. The fourth-order valence-electron chi connectivity index (χ4n) is 2.32. The predicted octanol–water partition coefficient (Wildman–Crippen LogP) is 3.70. The molecule has 2 aromatic heterocycles. The van der Waals surface area contributed by atoms with Crippen LogP contribution in [0.2, 0.25) is 0 Å². The number of carbonyl (C=O) groups is 1. The van der Waals surface area contributed by atoms with E-state index in [1.807, 2.05) is 48.7 Å². The van der Waals surface area contributed by atoms with Crippen molar-refractivity contribution in [2.24, 2.45) is 0 Å². The Hall–Kier alpha value is -2.73. The minimum atomic E-state index is -0.0752. The van der Waals surface area contributed by atoms with E-state index >= 15 is 0 Å². The normalized spacial score (nSPS) is 10.4. The molecule has 0 radical (unpaired) electrons. The summed E-state index contributed by atoms with van der Waals surface area (Å²) < 4.78 is 5.12. The maximum Gasteiger partial charge on any atom is 0.230 e. The smallest absolute Gasteiger partial charge is 0.230 e. The molecule has 0 unspecified atom stereocenters. The summed E-state index contributed by atoms with van der Waals surface area (Å²) in [6.45, 7) is 2.01. The van der Waals surface area contributed by atoms with Gasteiger partial charge in [-0.25, -0.2) is 9.97 Å². The second-order valence-electron chi connectivity index (χ2n) is 5.34. The first-order chi connectivity index (χ1) is 11.6. The lowest BCUT2D eigenvalue weighted by molar-refractivity contribution is -0.115. The van der Waals surface area contributed by atoms with E-state index in [4.69, 9.17) is 4.74 Å². The number of carbonyl (C=O) groups excluding carboxylic acids is 1. The Morgan fingerprint density at radius 1 is 1.29 bits per heavy atom. The zero-order valence-corrected chi connectivity index (χ0v) is 14.3. The first-order valence-corrected chi connectivity index (χ1v) is 8.33. The summed E-state index contributed by atoms with van der Waals surface area (Å²) in [5.41, 5.74) is 3.82. The predicted molar refractivity (Wildman–Crippen MR) is 95.4 cm³/mol. The molecule has 0 aliphatic carbocycles. The number of aromatic nitrogens is 2. The lowest BCUT2D eigenvalue weighted by atomic mass is 10.1. The number of nitrogens with zero attached hydrogens (tertiary/aromatic N) is 2. The van der Waals surface area contributed by atoms with E-state index in [1.165, 1.54) is 11.3 Å². The van der Waals surface area contributed by atoms with Gasteiger partial charge in [0, 0.05) is 23.2 Å². The van der Waals surface area contributed by atoms with E-state index in [1.54, 1.807) is 13.3 Å². The van der Waals surface area contributed by atoms with Gasteiger partial charge in [-0.15, -0.1) is 11.3 Å². The highest BCUT2D eigenvalue weighted by atomic mass is 32.1. The van der Waals surface area contributed by atoms with Crippen LogP contribution in [0.3, 0.4) is 0 Å². The number of thiazole rings is 1. The van der Waals surface area contributed by atoms with Crippen LogP contribution in [0.1, 0.15) is 11.1 Å². The van der Waals surface area contributed by atoms with E-state index < -0.39 is 0 Å². The molecule has 3 rings (SSSR count). The molecule has 3 aromatic rings. The number of anilines is 1. The Labute approximate surface area is 144 Å². The van der Waals surface area contributed by atoms with Crippen LogP contribution in [0.15, 0.2) is 48.0 Å². The van der Waals surface area contributed by atoms with E-state index in [-0.39, 0.29) is 5.91 Å². The Balaban J connectivity index is 1.68. The zero-order chi connectivity index (χ0) is 16.9. The van der Waals surface area contributed by atoms with Gasteiger partial charge < -0.3 is 10.1 Å². The highest BCUT2D eigenvalue weighted by Gasteiger charge is 2.10. The second-order valence-corrected chi connectivity index (χ2v) is 6.20. The summed E-state index contributed by atoms with van der Waals surface area (Å²) in [7, 11) is 1.57. The molecule has 0 bridgehead atoms. The van der Waals surface area contributed by atoms with Crippen molar-refractivity contribution in [3.8, 4) is 17.1 Å². The van der Waals surface area contributed by atoms with E-state index in [9.17, 15) is 4.79 Å². The van der Waals surface area contributed by atoms with Crippen LogP contribution in [0, 0.1) is 6.92 Å². The first kappa shape index (κ1) is 16.1. The number of hydrogen-bond acceptors (Lipinski definition) is 5. The van der Waals surface area contributed by atoms with Gasteiger partial charge in [-0.2, -0.15) is 0 Å². The molecule has 0 spiro atoms. The van der Waals surface area contributed by atoms with Gasteiger partial charge in [0.25, 0.3) is 0 Å². The fourth-order valence-corrected chi connectivity index (χ4v) is 3.05. The third kappa shape index (κ3) is 3.97. The quantitative estimate of drug-likeness (QED) is 0.770. The van der Waals surface area contributed by atoms with E-state index in [0.717, 1.165) is 22.4 Å². The Kier molecular flexibility index (Phi) is 4.86. The molecule has 0 atom stereocenters. The molecule has 2 heterocycles. The molecule has 1 N–H and O–H groups in total. The van der Waals surface area contributed by atoms with Crippen LogP contribution >= 0.6 is 11.3 Å². The average Bonchev–Trinajstić information content (AvgIpc) is 3.03. The number of nitrogens with one attached hydrogen (secondary N) is 1. The Morgan fingerprint density at radius 3 is 2.96 bits per heavy atom. The minimum absolute atomic E-state index is 0.0752. The van der Waals surface area contributed by atoms with Gasteiger partial charge in [-0.1, -0.05) is 29.8 Å². The summed E-state index contributed by atoms with van der Waals surface area (Å²) in [6, 6.07) is 11.6. The molecule has 6 heteroatoms. The molecule has 0 saturated carbocycles. The monoisotopic (exact) mass is 339 g/mol. The third-order valence-electron chi connectivity index (χ3n) is 3.44. The fraction of sp³-hybridized carbons (Fsp3) is 0.167. The van der Waals surface area contributed by atoms with Crippen molar-refractivity contribution in [3.63, 3.8) is 0 Å². The van der Waals surface area contributed by atoms with Crippen LogP contribution in [-0.2, 0) is 11.2 Å². The highest BCUT2D eigenvalue weighted by molar-refractivity contribution is 7.14. The molecule has 122 valence electrons. The minimum Gasteiger partial charge on any atom is -0.481 e. The van der Waals surface area contributed by atoms with Crippen LogP contribution in [0.5, 0.6) is 5.88 Å². The average molecular weight is 339 g/mol. The van der Waals surface area contributed by atoms with Crippen molar-refractivity contribution in [2.45, 2.75) is 13.3 Å². The number of benzene rings is 1. The van der Waals surface area contributed by atoms with Gasteiger partial charge in [-0.3, -0.25) is 4.79 Å². The van der Waals surface area contributed by atoms with Crippen LogP contribution in [0.25, 0.3) is 11.3 Å². The van der Waals surface area contributed by atoms with Gasteiger partial charge in [-0.05, 0) is 18.6 Å². The van der Waals surface area contributed by atoms with Crippen LogP contribution < -0.4 is 10.1 Å². The second kappa shape index (κ2) is 7.23. The summed E-state index contributed by atoms with van der Waals surface area (Å²) in [4.78, 5) is 20.7. The van der Waals surface area contributed by atoms with Crippen molar-refractivity contribution in [3.05, 3.63) is 59.1 Å². The molecule has 0 saturated heterocycles. The highest BCUT2D eigenvalue weighted by Crippen LogP contribution is 2.26. The molecular weight excluding hydrogens is 322 g/mol. The van der Waals surface area contributed by atoms with E-state index in [2.05, 4.69) is 15.3 Å². The Bertz CT molecular complexity index is 861. The maximum absolute atomic E-state index is 12.2. The summed E-state index contributed by atoms with van der Waals surface area (Å²) in [6.07, 6.45) is 2.00. The lowest BCUT2D eigenvalue weighted by Gasteiger charge is -2.03. The number of hydrogen-bond donors (Lipinski definition) is 1. The van der Waals surface area contributed by atoms with Gasteiger partial charge in [0.1, 0.15) is 0 Å². The van der Waals surface area contributed by atoms with Gasteiger partial charge in [0.05, 0.1) is 19.2 Å². The van der Waals surface area contributed by atoms with Crippen molar-refractivity contribution >= 4 is 22.4 Å². The number of rotatable bonds is 5. The molecule has 0 aliphatic rings. The molecular formula is C18H17N3O2S. The third-order valence-corrected chi connectivity index (χ3v) is 4.20. The van der Waals surface area contributed by atoms with Crippen molar-refractivity contribution in [1.29, 1.82) is 0 Å². The molecule has 24 heavy (non-hydrogen) atoms. The molecule has 0 fully saturated rings. The number of amides is 1. The van der Waals surface area contributed by atoms with Crippen molar-refractivity contribution in [2.75, 3.05) is 12.4 Å². The Morgan fingerprint density at radius 2 is 2.17 bits per heavy atom. The molecule has 0 aliphatic heterocycles. The standard InChI is InChI=1S/C18H17N3O2S/c1-12-4-3-5-13(8-12)9-16(22)21-18-20-15(11-24-18)14-6-7-19-17(10-14)23-2/h3-8,10-11H,9H2,1-2H3,(H,20,21,22). The van der Waals surface area contributed by atoms with Crippen molar-refractivity contribution in [1.82, 2.24) is 9.97 Å². The summed E-state index contributed by atoms with van der Waals surface area (Å²) >= 11 is 1.40. The number of pyridine rings is 1. The number of aryl methyl sites for hydroxylation is 1. The molecule has 1 aromatic carbocycles.